The zero-order chi connectivity index (χ0) is 23.7. The lowest BCUT2D eigenvalue weighted by atomic mass is 9.90. The van der Waals surface area contributed by atoms with Crippen LogP contribution in [0.1, 0.15) is 34.0 Å². The molecule has 0 saturated heterocycles. The van der Waals surface area contributed by atoms with E-state index in [2.05, 4.69) is 13.2 Å². The van der Waals surface area contributed by atoms with Gasteiger partial charge in [0.1, 0.15) is 24.7 Å². The second-order valence-corrected chi connectivity index (χ2v) is 6.69. The molecule has 0 aliphatic carbocycles. The van der Waals surface area contributed by atoms with Gasteiger partial charge in [0, 0.05) is 11.6 Å². The van der Waals surface area contributed by atoms with Crippen molar-refractivity contribution in [1.82, 2.24) is 0 Å². The molecule has 0 amide bonds. The van der Waals surface area contributed by atoms with Crippen molar-refractivity contribution < 1.29 is 32.9 Å². The van der Waals surface area contributed by atoms with E-state index in [9.17, 15) is 14.0 Å². The number of ketones is 1. The number of methoxy groups -OCH3 is 2. The van der Waals surface area contributed by atoms with Gasteiger partial charge in [0.2, 0.25) is 0 Å². The first-order chi connectivity index (χ1) is 15.4. The molecule has 6 nitrogen and oxygen atoms in total. The summed E-state index contributed by atoms with van der Waals surface area (Å²) >= 11 is 0. The maximum atomic E-state index is 14.3. The summed E-state index contributed by atoms with van der Waals surface area (Å²) < 4.78 is 35.6. The quantitative estimate of drug-likeness (QED) is 0.274. The van der Waals surface area contributed by atoms with Crippen molar-refractivity contribution in [2.24, 2.45) is 0 Å². The smallest absolute Gasteiger partial charge is 0.310 e. The molecule has 0 atom stereocenters. The molecule has 0 aromatic heterocycles. The summed E-state index contributed by atoms with van der Waals surface area (Å²) in [6.07, 6.45) is 3.40. The largest absolute Gasteiger partial charge is 0.494 e. The molecule has 0 saturated carbocycles. The normalized spacial score (nSPS) is 10.2. The van der Waals surface area contributed by atoms with E-state index in [1.807, 2.05) is 6.92 Å². The van der Waals surface area contributed by atoms with Crippen LogP contribution in [0.3, 0.4) is 0 Å². The van der Waals surface area contributed by atoms with Crippen molar-refractivity contribution in [3.05, 3.63) is 77.6 Å². The van der Waals surface area contributed by atoms with E-state index < -0.39 is 17.6 Å². The van der Waals surface area contributed by atoms with Gasteiger partial charge in [-0.25, -0.2) is 4.39 Å². The molecule has 32 heavy (non-hydrogen) atoms. The van der Waals surface area contributed by atoms with E-state index in [4.69, 9.17) is 18.9 Å². The van der Waals surface area contributed by atoms with Crippen LogP contribution in [0, 0.1) is 5.82 Å². The number of ether oxygens (including phenoxy) is 4. The van der Waals surface area contributed by atoms with E-state index >= 15 is 0 Å². The third-order valence-electron chi connectivity index (χ3n) is 4.73. The molecule has 2 aromatic rings. The van der Waals surface area contributed by atoms with E-state index in [1.165, 1.54) is 32.4 Å². The minimum Gasteiger partial charge on any atom is -0.494 e. The monoisotopic (exact) mass is 442 g/mol. The summed E-state index contributed by atoms with van der Waals surface area (Å²) in [5, 5.41) is 0. The lowest BCUT2D eigenvalue weighted by Gasteiger charge is -2.21. The lowest BCUT2D eigenvalue weighted by molar-refractivity contribution is -0.139. The van der Waals surface area contributed by atoms with Crippen molar-refractivity contribution in [3.63, 3.8) is 0 Å². The molecule has 2 rings (SSSR count). The van der Waals surface area contributed by atoms with Crippen molar-refractivity contribution >= 4 is 11.8 Å². The zero-order valence-corrected chi connectivity index (χ0v) is 18.5. The van der Waals surface area contributed by atoms with E-state index in [-0.39, 0.29) is 42.3 Å². The number of benzene rings is 2. The summed E-state index contributed by atoms with van der Waals surface area (Å²) in [7, 11) is 2.60. The molecule has 2 aromatic carbocycles. The second kappa shape index (κ2) is 11.7. The third kappa shape index (κ3) is 5.55. The van der Waals surface area contributed by atoms with Gasteiger partial charge >= 0.3 is 5.97 Å². The van der Waals surface area contributed by atoms with Crippen LogP contribution in [-0.2, 0) is 22.4 Å². The fraction of sp³-hybridized carbons (Fsp3) is 0.280. The van der Waals surface area contributed by atoms with Gasteiger partial charge in [0.25, 0.3) is 0 Å². The number of hydrogen-bond acceptors (Lipinski definition) is 6. The molecule has 0 spiro atoms. The van der Waals surface area contributed by atoms with Crippen LogP contribution >= 0.6 is 0 Å². The zero-order valence-electron chi connectivity index (χ0n) is 18.5. The average Bonchev–Trinajstić information content (AvgIpc) is 2.80. The average molecular weight is 442 g/mol. The van der Waals surface area contributed by atoms with Crippen LogP contribution in [0.2, 0.25) is 0 Å². The molecule has 0 aliphatic rings. The number of rotatable bonds is 12. The van der Waals surface area contributed by atoms with Crippen molar-refractivity contribution in [1.29, 1.82) is 0 Å². The molecule has 0 fully saturated rings. The van der Waals surface area contributed by atoms with Crippen LogP contribution in [0.15, 0.2) is 49.6 Å². The molecule has 0 bridgehead atoms. The molecule has 7 heteroatoms. The summed E-state index contributed by atoms with van der Waals surface area (Å²) in [5.41, 5.74) is 1.28. The molecule has 0 radical (unpaired) electrons. The molecule has 0 unspecified atom stereocenters. The lowest BCUT2D eigenvalue weighted by Crippen LogP contribution is -2.17. The minimum absolute atomic E-state index is 0.0156. The fourth-order valence-corrected chi connectivity index (χ4v) is 3.27. The second-order valence-electron chi connectivity index (χ2n) is 6.69. The SMILES string of the molecule is C=CCOc1cc(OCC=C)c(C(=O)c2ccc(OC)c(F)c2)c(CC(=O)OC)c1CC. The maximum Gasteiger partial charge on any atom is 0.310 e. The van der Waals surface area contributed by atoms with Crippen molar-refractivity contribution in [2.75, 3.05) is 27.4 Å². The van der Waals surface area contributed by atoms with Crippen LogP contribution in [-0.4, -0.2) is 39.2 Å². The Hall–Kier alpha value is -3.61. The minimum atomic E-state index is -0.678. The Labute approximate surface area is 187 Å². The molecule has 0 heterocycles. The Morgan fingerprint density at radius 3 is 2.16 bits per heavy atom. The number of halogens is 1. The van der Waals surface area contributed by atoms with Gasteiger partial charge in [-0.05, 0) is 35.7 Å². The van der Waals surface area contributed by atoms with Gasteiger partial charge in [-0.2, -0.15) is 0 Å². The predicted molar refractivity (Wildman–Crippen MR) is 119 cm³/mol. The van der Waals surface area contributed by atoms with E-state index in [0.717, 1.165) is 6.07 Å². The number of carbonyl (C=O) groups excluding carboxylic acids is 2. The van der Waals surface area contributed by atoms with Crippen molar-refractivity contribution in [3.8, 4) is 17.2 Å². The van der Waals surface area contributed by atoms with Crippen LogP contribution < -0.4 is 14.2 Å². The van der Waals surface area contributed by atoms with Gasteiger partial charge in [-0.3, -0.25) is 9.59 Å². The van der Waals surface area contributed by atoms with Gasteiger partial charge in [0.15, 0.2) is 17.3 Å². The van der Waals surface area contributed by atoms with Gasteiger partial charge in [-0.1, -0.05) is 32.2 Å². The Kier molecular flexibility index (Phi) is 9.01. The van der Waals surface area contributed by atoms with E-state index in [0.29, 0.717) is 23.3 Å². The summed E-state index contributed by atoms with van der Waals surface area (Å²) in [4.78, 5) is 25.8. The molecule has 0 N–H and O–H groups in total. The van der Waals surface area contributed by atoms with Crippen molar-refractivity contribution in [2.45, 2.75) is 19.8 Å². The summed E-state index contributed by atoms with van der Waals surface area (Å²) in [6, 6.07) is 5.51. The fourth-order valence-electron chi connectivity index (χ4n) is 3.27. The van der Waals surface area contributed by atoms with Gasteiger partial charge < -0.3 is 18.9 Å². The highest BCUT2D eigenvalue weighted by Crippen LogP contribution is 2.37. The molecule has 0 aliphatic heterocycles. The predicted octanol–water partition coefficient (Wildman–Crippen LogP) is 4.47. The Balaban J connectivity index is 2.78. The van der Waals surface area contributed by atoms with Crippen LogP contribution in [0.5, 0.6) is 17.2 Å². The van der Waals surface area contributed by atoms with Crippen LogP contribution in [0.4, 0.5) is 4.39 Å². The molecule has 170 valence electrons. The topological polar surface area (TPSA) is 71.1 Å². The standard InChI is InChI=1S/C25H27FO6/c1-6-11-31-21-15-22(32-12-7-2)24(18(17(21)8-3)14-23(27)30-5)25(28)16-9-10-20(29-4)19(26)13-16/h6-7,9-10,13,15H,1-2,8,11-12,14H2,3-5H3. The third-order valence-corrected chi connectivity index (χ3v) is 4.73. The first kappa shape index (κ1) is 24.7. The Morgan fingerprint density at radius 1 is 0.969 bits per heavy atom. The number of carbonyl (C=O) groups is 2. The summed E-state index contributed by atoms with van der Waals surface area (Å²) in [6.45, 7) is 9.50. The highest BCUT2D eigenvalue weighted by molar-refractivity contribution is 6.12. The van der Waals surface area contributed by atoms with E-state index in [1.54, 1.807) is 12.1 Å². The van der Waals surface area contributed by atoms with Gasteiger partial charge in [0.05, 0.1) is 26.2 Å². The first-order valence-corrected chi connectivity index (χ1v) is 10.0. The summed E-state index contributed by atoms with van der Waals surface area (Å²) in [5.74, 6) is -1.05. The number of esters is 1. The maximum absolute atomic E-state index is 14.3. The molecular weight excluding hydrogens is 415 g/mol. The Bertz CT molecular complexity index is 1010. The van der Waals surface area contributed by atoms with Crippen LogP contribution in [0.25, 0.3) is 0 Å². The molecular formula is C25H27FO6. The Morgan fingerprint density at radius 2 is 1.62 bits per heavy atom. The van der Waals surface area contributed by atoms with Gasteiger partial charge in [-0.15, -0.1) is 0 Å². The highest BCUT2D eigenvalue weighted by Gasteiger charge is 2.27. The first-order valence-electron chi connectivity index (χ1n) is 10.0. The highest BCUT2D eigenvalue weighted by atomic mass is 19.1. The number of hydrogen-bond donors (Lipinski definition) is 0.